The average molecular weight is 287 g/mol. The Morgan fingerprint density at radius 2 is 2.24 bits per heavy atom. The smallest absolute Gasteiger partial charge is 0.257 e. The van der Waals surface area contributed by atoms with E-state index in [1.807, 2.05) is 24.3 Å². The molecule has 1 aromatic heterocycles. The van der Waals surface area contributed by atoms with Crippen LogP contribution in [0.15, 0.2) is 40.1 Å². The van der Waals surface area contributed by atoms with Crippen molar-refractivity contribution in [2.45, 2.75) is 4.34 Å². The van der Waals surface area contributed by atoms with E-state index >= 15 is 0 Å². The molecular weight excluding hydrogens is 278 g/mol. The van der Waals surface area contributed by atoms with E-state index in [1.165, 1.54) is 11.8 Å². The standard InChI is InChI=1S/C10H9NO3S3/c1-7(6-14-17(12)13)15-10-11-8-4-2-3-5-9(8)16-10/h2-5,17H,1,6H2. The van der Waals surface area contributed by atoms with Gasteiger partial charge in [-0.25, -0.2) is 13.4 Å². The number of benzene rings is 1. The van der Waals surface area contributed by atoms with E-state index in [9.17, 15) is 8.42 Å². The highest BCUT2D eigenvalue weighted by Gasteiger charge is 2.06. The van der Waals surface area contributed by atoms with Gasteiger partial charge in [0.1, 0.15) is 0 Å². The van der Waals surface area contributed by atoms with Gasteiger partial charge in [0, 0.05) is 4.91 Å². The average Bonchev–Trinajstić information content (AvgIpc) is 2.68. The topological polar surface area (TPSA) is 56.3 Å². The molecule has 2 aromatic rings. The first kappa shape index (κ1) is 12.6. The summed E-state index contributed by atoms with van der Waals surface area (Å²) in [6.45, 7) is 3.71. The quantitative estimate of drug-likeness (QED) is 0.676. The van der Waals surface area contributed by atoms with Crippen LogP contribution in [0.25, 0.3) is 10.2 Å². The van der Waals surface area contributed by atoms with E-state index in [2.05, 4.69) is 15.7 Å². The van der Waals surface area contributed by atoms with Crippen LogP contribution >= 0.6 is 23.1 Å². The summed E-state index contributed by atoms with van der Waals surface area (Å²) in [7, 11) is -2.82. The van der Waals surface area contributed by atoms with Crippen LogP contribution in [-0.2, 0) is 15.2 Å². The zero-order chi connectivity index (χ0) is 12.3. The number of hydrogen-bond acceptors (Lipinski definition) is 6. The van der Waals surface area contributed by atoms with Gasteiger partial charge in [-0.3, -0.25) is 4.18 Å². The van der Waals surface area contributed by atoms with Gasteiger partial charge < -0.3 is 0 Å². The molecule has 0 atom stereocenters. The first-order chi connectivity index (χ1) is 8.15. The first-order valence-electron chi connectivity index (χ1n) is 4.63. The summed E-state index contributed by atoms with van der Waals surface area (Å²) in [5, 5.41) is 0. The second kappa shape index (κ2) is 5.63. The van der Waals surface area contributed by atoms with Crippen molar-refractivity contribution in [3.8, 4) is 0 Å². The lowest BCUT2D eigenvalue weighted by atomic mass is 10.3. The van der Waals surface area contributed by atoms with Crippen molar-refractivity contribution in [3.63, 3.8) is 0 Å². The Morgan fingerprint density at radius 1 is 1.47 bits per heavy atom. The maximum atomic E-state index is 10.2. The SMILES string of the molecule is C=C(CO[SH](=O)=O)Sc1nc2ccccc2s1. The Labute approximate surface area is 108 Å². The molecule has 0 aliphatic heterocycles. The van der Waals surface area contributed by atoms with Gasteiger partial charge in [0.15, 0.2) is 4.34 Å². The first-order valence-corrected chi connectivity index (χ1v) is 7.36. The number of thioether (sulfide) groups is 1. The monoisotopic (exact) mass is 287 g/mol. The van der Waals surface area contributed by atoms with Gasteiger partial charge >= 0.3 is 0 Å². The number of nitrogens with zero attached hydrogens (tertiary/aromatic N) is 1. The van der Waals surface area contributed by atoms with Crippen LogP contribution in [-0.4, -0.2) is 20.0 Å². The van der Waals surface area contributed by atoms with Gasteiger partial charge in [0.2, 0.25) is 0 Å². The summed E-state index contributed by atoms with van der Waals surface area (Å²) < 4.78 is 26.9. The summed E-state index contributed by atoms with van der Waals surface area (Å²) in [5.41, 5.74) is 0.934. The van der Waals surface area contributed by atoms with Crippen LogP contribution in [0.2, 0.25) is 0 Å². The molecule has 2 rings (SSSR count). The molecule has 0 aliphatic rings. The van der Waals surface area contributed by atoms with Gasteiger partial charge in [-0.2, -0.15) is 0 Å². The van der Waals surface area contributed by atoms with Crippen molar-refractivity contribution >= 4 is 44.3 Å². The van der Waals surface area contributed by atoms with Crippen molar-refractivity contribution < 1.29 is 12.6 Å². The minimum Gasteiger partial charge on any atom is -0.267 e. The lowest BCUT2D eigenvalue weighted by molar-refractivity contribution is 0.372. The number of thiazole rings is 1. The Morgan fingerprint density at radius 3 is 2.94 bits per heavy atom. The summed E-state index contributed by atoms with van der Waals surface area (Å²) in [6.07, 6.45) is 0. The molecule has 0 fully saturated rings. The molecule has 1 heterocycles. The minimum absolute atomic E-state index is 0.0146. The Hall–Kier alpha value is -0.890. The number of rotatable bonds is 5. The van der Waals surface area contributed by atoms with E-state index < -0.39 is 11.0 Å². The molecular formula is C10H9NO3S3. The second-order valence-corrected chi connectivity index (χ2v) is 6.25. The molecule has 7 heteroatoms. The summed E-state index contributed by atoms with van der Waals surface area (Å²) in [6, 6.07) is 7.81. The fraction of sp³-hybridized carbons (Fsp3) is 0.100. The molecule has 0 amide bonds. The molecule has 90 valence electrons. The van der Waals surface area contributed by atoms with E-state index in [0.29, 0.717) is 4.91 Å². The van der Waals surface area contributed by atoms with Crippen molar-refractivity contribution in [1.82, 2.24) is 4.98 Å². The van der Waals surface area contributed by atoms with Crippen molar-refractivity contribution in [2.75, 3.05) is 6.61 Å². The van der Waals surface area contributed by atoms with Gasteiger partial charge in [-0.05, 0) is 12.1 Å². The van der Waals surface area contributed by atoms with Gasteiger partial charge in [-0.15, -0.1) is 11.3 Å². The van der Waals surface area contributed by atoms with Gasteiger partial charge in [0.05, 0.1) is 16.8 Å². The largest absolute Gasteiger partial charge is 0.267 e. The Bertz CT molecular complexity index is 577. The second-order valence-electron chi connectivity index (χ2n) is 3.09. The number of para-hydroxylation sites is 1. The normalized spacial score (nSPS) is 11.1. The van der Waals surface area contributed by atoms with Gasteiger partial charge in [-0.1, -0.05) is 30.5 Å². The van der Waals surface area contributed by atoms with Crippen LogP contribution in [0, 0.1) is 0 Å². The molecule has 0 N–H and O–H groups in total. The maximum absolute atomic E-state index is 10.2. The van der Waals surface area contributed by atoms with Crippen LogP contribution < -0.4 is 0 Å². The summed E-state index contributed by atoms with van der Waals surface area (Å²) in [4.78, 5) is 5.01. The predicted octanol–water partition coefficient (Wildman–Crippen LogP) is 2.45. The minimum atomic E-state index is -2.82. The van der Waals surface area contributed by atoms with Crippen LogP contribution in [0.5, 0.6) is 0 Å². The summed E-state index contributed by atoms with van der Waals surface area (Å²) >= 11 is 2.88. The Kier molecular flexibility index (Phi) is 4.16. The molecule has 0 saturated carbocycles. The number of hydrogen-bond donors (Lipinski definition) is 1. The lowest BCUT2D eigenvalue weighted by Gasteiger charge is -1.98. The number of aromatic nitrogens is 1. The maximum Gasteiger partial charge on any atom is 0.257 e. The van der Waals surface area contributed by atoms with Crippen LogP contribution in [0.4, 0.5) is 0 Å². The zero-order valence-corrected chi connectivity index (χ0v) is 11.2. The zero-order valence-electron chi connectivity index (χ0n) is 8.66. The molecule has 0 aliphatic carbocycles. The third-order valence-corrected chi connectivity index (χ3v) is 4.18. The fourth-order valence-corrected chi connectivity index (χ4v) is 3.52. The number of fused-ring (bicyclic) bond motifs is 1. The third kappa shape index (κ3) is 3.53. The fourth-order valence-electron chi connectivity index (χ4n) is 1.17. The molecule has 0 saturated heterocycles. The van der Waals surface area contributed by atoms with E-state index in [1.54, 1.807) is 11.3 Å². The van der Waals surface area contributed by atoms with E-state index in [-0.39, 0.29) is 6.61 Å². The van der Waals surface area contributed by atoms with E-state index in [0.717, 1.165) is 14.6 Å². The van der Waals surface area contributed by atoms with Crippen LogP contribution in [0.3, 0.4) is 0 Å². The highest BCUT2D eigenvalue weighted by molar-refractivity contribution is 8.04. The third-order valence-electron chi connectivity index (χ3n) is 1.84. The molecule has 17 heavy (non-hydrogen) atoms. The van der Waals surface area contributed by atoms with Crippen LogP contribution in [0.1, 0.15) is 0 Å². The molecule has 0 radical (unpaired) electrons. The molecule has 0 spiro atoms. The number of thiol groups is 1. The highest BCUT2D eigenvalue weighted by atomic mass is 32.2. The van der Waals surface area contributed by atoms with Crippen molar-refractivity contribution in [1.29, 1.82) is 0 Å². The Balaban J connectivity index is 2.05. The van der Waals surface area contributed by atoms with Crippen molar-refractivity contribution in [2.24, 2.45) is 0 Å². The molecule has 0 unspecified atom stereocenters. The molecule has 4 nitrogen and oxygen atoms in total. The van der Waals surface area contributed by atoms with Crippen molar-refractivity contribution in [3.05, 3.63) is 35.7 Å². The lowest BCUT2D eigenvalue weighted by Crippen LogP contribution is -1.92. The molecule has 1 aromatic carbocycles. The summed E-state index contributed by atoms with van der Waals surface area (Å²) in [5.74, 6) is 0. The predicted molar refractivity (Wildman–Crippen MR) is 70.9 cm³/mol. The van der Waals surface area contributed by atoms with Gasteiger partial charge in [0.25, 0.3) is 11.0 Å². The highest BCUT2D eigenvalue weighted by Crippen LogP contribution is 2.32. The molecule has 0 bridgehead atoms. The van der Waals surface area contributed by atoms with E-state index in [4.69, 9.17) is 0 Å².